The van der Waals surface area contributed by atoms with Crippen LogP contribution in [-0.4, -0.2) is 61.3 Å². The van der Waals surface area contributed by atoms with Gasteiger partial charge in [0.2, 0.25) is 5.91 Å². The van der Waals surface area contributed by atoms with E-state index in [1.165, 1.54) is 0 Å². The van der Waals surface area contributed by atoms with Gasteiger partial charge in [-0.05, 0) is 26.5 Å². The third-order valence-corrected chi connectivity index (χ3v) is 3.86. The molecule has 10 heteroatoms. The molecule has 0 aromatic rings. The van der Waals surface area contributed by atoms with Crippen LogP contribution in [0.2, 0.25) is 13.6 Å². The standard InChI is InChI=1S/C14H29B2N3O5/c1-15(22)17-9-12(10-18-16(2)23)24-14(21)8-7-13(20)19-11-5-3-4-6-11/h11-12,17-18,22-23H,3-10H2,1-2H3,(H,19,20). The molecular formula is C14H29B2N3O5. The fourth-order valence-electron chi connectivity index (χ4n) is 2.59. The normalized spacial score (nSPS) is 14.7. The molecule has 0 radical (unpaired) electrons. The van der Waals surface area contributed by atoms with Crippen molar-refractivity contribution in [1.29, 1.82) is 0 Å². The molecular weight excluding hydrogens is 312 g/mol. The van der Waals surface area contributed by atoms with Crippen LogP contribution in [0, 0.1) is 0 Å². The topological polar surface area (TPSA) is 120 Å². The van der Waals surface area contributed by atoms with Crippen LogP contribution in [0.4, 0.5) is 0 Å². The van der Waals surface area contributed by atoms with Crippen LogP contribution in [0.1, 0.15) is 38.5 Å². The summed E-state index contributed by atoms with van der Waals surface area (Å²) in [5, 5.41) is 27.0. The van der Waals surface area contributed by atoms with Gasteiger partial charge >= 0.3 is 20.1 Å². The highest BCUT2D eigenvalue weighted by molar-refractivity contribution is 6.45. The van der Waals surface area contributed by atoms with Crippen LogP contribution >= 0.6 is 0 Å². The van der Waals surface area contributed by atoms with Crippen LogP contribution in [0.5, 0.6) is 0 Å². The molecule has 0 aromatic carbocycles. The minimum absolute atomic E-state index is 0.0123. The molecule has 0 atom stereocenters. The predicted octanol–water partition coefficient (Wildman–Crippen LogP) is -0.863. The van der Waals surface area contributed by atoms with E-state index in [2.05, 4.69) is 15.8 Å². The van der Waals surface area contributed by atoms with E-state index in [9.17, 15) is 19.6 Å². The monoisotopic (exact) mass is 341 g/mol. The van der Waals surface area contributed by atoms with Crippen molar-refractivity contribution in [3.63, 3.8) is 0 Å². The van der Waals surface area contributed by atoms with Gasteiger partial charge in [0.1, 0.15) is 6.10 Å². The summed E-state index contributed by atoms with van der Waals surface area (Å²) in [6, 6.07) is 0.242. The van der Waals surface area contributed by atoms with E-state index in [0.717, 1.165) is 25.7 Å². The quantitative estimate of drug-likeness (QED) is 0.245. The van der Waals surface area contributed by atoms with E-state index in [-0.39, 0.29) is 37.9 Å². The molecule has 5 N–H and O–H groups in total. The number of hydrogen-bond acceptors (Lipinski definition) is 7. The van der Waals surface area contributed by atoms with Gasteiger partial charge in [-0.2, -0.15) is 0 Å². The van der Waals surface area contributed by atoms with Crippen LogP contribution in [0.3, 0.4) is 0 Å². The van der Waals surface area contributed by atoms with Gasteiger partial charge in [0.15, 0.2) is 0 Å². The molecule has 24 heavy (non-hydrogen) atoms. The Balaban J connectivity index is 2.29. The number of hydrogen-bond donors (Lipinski definition) is 5. The first kappa shape index (κ1) is 21.0. The van der Waals surface area contributed by atoms with Crippen LogP contribution in [0.15, 0.2) is 0 Å². The molecule has 1 aliphatic rings. The zero-order valence-electron chi connectivity index (χ0n) is 14.6. The number of amides is 1. The van der Waals surface area contributed by atoms with Gasteiger partial charge in [0, 0.05) is 25.6 Å². The van der Waals surface area contributed by atoms with Crippen molar-refractivity contribution in [1.82, 2.24) is 15.8 Å². The van der Waals surface area contributed by atoms with Gasteiger partial charge in [-0.3, -0.25) is 9.59 Å². The number of carbonyl (C=O) groups is 2. The Kier molecular flexibility index (Phi) is 10.0. The lowest BCUT2D eigenvalue weighted by molar-refractivity contribution is -0.149. The van der Waals surface area contributed by atoms with E-state index in [4.69, 9.17) is 4.74 Å². The number of esters is 1. The molecule has 8 nitrogen and oxygen atoms in total. The van der Waals surface area contributed by atoms with Gasteiger partial charge in [0.25, 0.3) is 0 Å². The third-order valence-electron chi connectivity index (χ3n) is 3.86. The minimum atomic E-state index is -0.727. The Hall–Kier alpha value is -1.09. The van der Waals surface area contributed by atoms with Gasteiger partial charge in [-0.1, -0.05) is 12.8 Å². The van der Waals surface area contributed by atoms with Gasteiger partial charge in [0.05, 0.1) is 6.42 Å². The molecule has 0 spiro atoms. The summed E-state index contributed by atoms with van der Waals surface area (Å²) in [5.74, 6) is -0.596. The Morgan fingerprint density at radius 1 is 1.08 bits per heavy atom. The molecule has 1 rings (SSSR count). The summed E-state index contributed by atoms with van der Waals surface area (Å²) < 4.78 is 5.31. The summed E-state index contributed by atoms with van der Waals surface area (Å²) in [5.41, 5.74) is 0. The molecule has 0 bridgehead atoms. The number of carbonyl (C=O) groups excluding carboxylic acids is 2. The van der Waals surface area contributed by atoms with Crippen molar-refractivity contribution in [3.05, 3.63) is 0 Å². The molecule has 0 heterocycles. The highest BCUT2D eigenvalue weighted by Crippen LogP contribution is 2.17. The van der Waals surface area contributed by atoms with Crippen molar-refractivity contribution in [2.75, 3.05) is 13.1 Å². The Morgan fingerprint density at radius 3 is 2.12 bits per heavy atom. The average Bonchev–Trinajstić information content (AvgIpc) is 3.00. The molecule has 1 aliphatic carbocycles. The second-order valence-corrected chi connectivity index (χ2v) is 6.33. The summed E-state index contributed by atoms with van der Waals surface area (Å²) in [7, 11) is -1.45. The molecule has 0 unspecified atom stereocenters. The molecule has 1 fully saturated rings. The van der Waals surface area contributed by atoms with Crippen LogP contribution < -0.4 is 15.8 Å². The first-order valence-corrected chi connectivity index (χ1v) is 8.68. The maximum Gasteiger partial charge on any atom is 0.373 e. The summed E-state index contributed by atoms with van der Waals surface area (Å²) >= 11 is 0. The first-order chi connectivity index (χ1) is 11.4. The molecule has 136 valence electrons. The lowest BCUT2D eigenvalue weighted by Crippen LogP contribution is -2.46. The van der Waals surface area contributed by atoms with Crippen LogP contribution in [0.25, 0.3) is 0 Å². The largest absolute Gasteiger partial charge is 0.460 e. The summed E-state index contributed by atoms with van der Waals surface area (Å²) in [6.45, 7) is 3.62. The lowest BCUT2D eigenvalue weighted by Gasteiger charge is -2.20. The zero-order valence-corrected chi connectivity index (χ0v) is 14.6. The van der Waals surface area contributed by atoms with Gasteiger partial charge in [-0.25, -0.2) is 0 Å². The van der Waals surface area contributed by atoms with Gasteiger partial charge < -0.3 is 30.6 Å². The fourth-order valence-corrected chi connectivity index (χ4v) is 2.59. The van der Waals surface area contributed by atoms with Crippen LogP contribution in [-0.2, 0) is 14.3 Å². The second-order valence-electron chi connectivity index (χ2n) is 6.33. The highest BCUT2D eigenvalue weighted by Gasteiger charge is 2.20. The molecule has 0 aromatic heterocycles. The maximum atomic E-state index is 11.9. The highest BCUT2D eigenvalue weighted by atomic mass is 16.5. The second kappa shape index (κ2) is 11.5. The van der Waals surface area contributed by atoms with Crippen molar-refractivity contribution in [3.8, 4) is 0 Å². The fraction of sp³-hybridized carbons (Fsp3) is 0.857. The van der Waals surface area contributed by atoms with E-state index in [0.29, 0.717) is 0 Å². The zero-order chi connectivity index (χ0) is 17.9. The smallest absolute Gasteiger partial charge is 0.373 e. The van der Waals surface area contributed by atoms with Crippen molar-refractivity contribution in [2.24, 2.45) is 0 Å². The number of rotatable bonds is 11. The van der Waals surface area contributed by atoms with Crippen molar-refractivity contribution in [2.45, 2.75) is 64.3 Å². The summed E-state index contributed by atoms with van der Waals surface area (Å²) in [6.07, 6.45) is 3.87. The Bertz CT molecular complexity index is 381. The molecule has 1 saturated carbocycles. The predicted molar refractivity (Wildman–Crippen MR) is 93.2 cm³/mol. The minimum Gasteiger partial charge on any atom is -0.460 e. The lowest BCUT2D eigenvalue weighted by atomic mass is 9.87. The number of ether oxygens (including phenoxy) is 1. The molecule has 1 amide bonds. The Morgan fingerprint density at radius 2 is 1.62 bits per heavy atom. The van der Waals surface area contributed by atoms with Crippen molar-refractivity contribution < 1.29 is 24.4 Å². The third kappa shape index (κ3) is 9.92. The van der Waals surface area contributed by atoms with Gasteiger partial charge in [-0.15, -0.1) is 0 Å². The van der Waals surface area contributed by atoms with E-state index in [1.54, 1.807) is 13.6 Å². The first-order valence-electron chi connectivity index (χ1n) is 8.68. The molecule has 0 saturated heterocycles. The van der Waals surface area contributed by atoms with E-state index < -0.39 is 26.2 Å². The van der Waals surface area contributed by atoms with Crippen molar-refractivity contribution >= 4 is 26.0 Å². The molecule has 0 aliphatic heterocycles. The maximum absolute atomic E-state index is 11.9. The summed E-state index contributed by atoms with van der Waals surface area (Å²) in [4.78, 5) is 23.7. The van der Waals surface area contributed by atoms with E-state index >= 15 is 0 Å². The average molecular weight is 341 g/mol. The SMILES string of the molecule is CB(O)NCC(CNB(C)O)OC(=O)CCC(=O)NC1CCCC1. The van der Waals surface area contributed by atoms with E-state index in [1.807, 2.05) is 0 Å². The Labute approximate surface area is 144 Å². The number of nitrogens with one attached hydrogen (secondary N) is 3.